The number of hydrogen-bond acceptors (Lipinski definition) is 3. The fraction of sp³-hybridized carbons (Fsp3) is 0.538. The van der Waals surface area contributed by atoms with Gasteiger partial charge >= 0.3 is 0 Å². The molecule has 2 aromatic rings. The van der Waals surface area contributed by atoms with Crippen LogP contribution in [0.25, 0.3) is 0 Å². The van der Waals surface area contributed by atoms with Gasteiger partial charge in [-0.15, -0.1) is 0 Å². The topological polar surface area (TPSA) is 61.7 Å². The summed E-state index contributed by atoms with van der Waals surface area (Å²) in [5.41, 5.74) is 10.6. The minimum atomic E-state index is -0.0439. The maximum absolute atomic E-state index is 6.27. The molecule has 0 aliphatic heterocycles. The Hall–Kier alpha value is -1.62. The third-order valence-electron chi connectivity index (χ3n) is 3.24. The Morgan fingerprint density at radius 2 is 1.94 bits per heavy atom. The standard InChI is InChI=1S/C13H21N5/c1-5-10-7-13(18(4)16-10)12(14)8-11-6-9(2)15-17(11)3/h6-7,12H,5,8,14H2,1-4H3. The van der Waals surface area contributed by atoms with Crippen LogP contribution in [0.5, 0.6) is 0 Å². The Morgan fingerprint density at radius 3 is 2.44 bits per heavy atom. The highest BCUT2D eigenvalue weighted by molar-refractivity contribution is 5.18. The molecule has 0 aromatic carbocycles. The molecule has 1 atom stereocenters. The first-order valence-electron chi connectivity index (χ1n) is 6.29. The van der Waals surface area contributed by atoms with Gasteiger partial charge in [-0.05, 0) is 25.5 Å². The second kappa shape index (κ2) is 4.94. The van der Waals surface area contributed by atoms with E-state index in [9.17, 15) is 0 Å². The van der Waals surface area contributed by atoms with E-state index in [1.165, 1.54) is 0 Å². The number of aryl methyl sites for hydroxylation is 4. The molecule has 0 fully saturated rings. The van der Waals surface area contributed by atoms with E-state index in [0.29, 0.717) is 0 Å². The van der Waals surface area contributed by atoms with Gasteiger partial charge in [-0.3, -0.25) is 9.36 Å². The van der Waals surface area contributed by atoms with Gasteiger partial charge in [0.1, 0.15) is 0 Å². The fourth-order valence-corrected chi connectivity index (χ4v) is 2.25. The van der Waals surface area contributed by atoms with Crippen LogP contribution in [0.1, 0.15) is 35.7 Å². The molecule has 0 radical (unpaired) electrons. The van der Waals surface area contributed by atoms with Crippen LogP contribution < -0.4 is 5.73 Å². The summed E-state index contributed by atoms with van der Waals surface area (Å²) in [6.07, 6.45) is 1.71. The first-order valence-corrected chi connectivity index (χ1v) is 6.29. The molecule has 1 unspecified atom stereocenters. The minimum Gasteiger partial charge on any atom is -0.322 e. The Labute approximate surface area is 108 Å². The monoisotopic (exact) mass is 247 g/mol. The molecular formula is C13H21N5. The van der Waals surface area contributed by atoms with Crippen LogP contribution in [0, 0.1) is 6.92 Å². The van der Waals surface area contributed by atoms with Gasteiger partial charge in [-0.1, -0.05) is 6.92 Å². The summed E-state index contributed by atoms with van der Waals surface area (Å²) in [6.45, 7) is 4.09. The zero-order chi connectivity index (χ0) is 13.3. The van der Waals surface area contributed by atoms with Crippen LogP contribution >= 0.6 is 0 Å². The van der Waals surface area contributed by atoms with E-state index in [1.807, 2.05) is 30.4 Å². The third-order valence-corrected chi connectivity index (χ3v) is 3.24. The second-order valence-electron chi connectivity index (χ2n) is 4.75. The predicted molar refractivity (Wildman–Crippen MR) is 71.2 cm³/mol. The SMILES string of the molecule is CCc1cc(C(N)Cc2cc(C)nn2C)n(C)n1. The van der Waals surface area contributed by atoms with Crippen molar-refractivity contribution in [3.8, 4) is 0 Å². The van der Waals surface area contributed by atoms with E-state index in [4.69, 9.17) is 5.73 Å². The lowest BCUT2D eigenvalue weighted by Gasteiger charge is -2.11. The minimum absolute atomic E-state index is 0.0439. The maximum Gasteiger partial charge on any atom is 0.0625 e. The van der Waals surface area contributed by atoms with Crippen LogP contribution in [0.4, 0.5) is 0 Å². The van der Waals surface area contributed by atoms with E-state index in [0.717, 1.165) is 35.6 Å². The molecule has 18 heavy (non-hydrogen) atoms. The highest BCUT2D eigenvalue weighted by Gasteiger charge is 2.15. The molecule has 2 N–H and O–H groups in total. The average Bonchev–Trinajstić information content (AvgIpc) is 2.82. The van der Waals surface area contributed by atoms with Crippen molar-refractivity contribution in [2.24, 2.45) is 19.8 Å². The van der Waals surface area contributed by atoms with Crippen molar-refractivity contribution in [1.82, 2.24) is 19.6 Å². The molecular weight excluding hydrogens is 226 g/mol. The Bertz CT molecular complexity index is 538. The summed E-state index contributed by atoms with van der Waals surface area (Å²) in [5.74, 6) is 0. The molecule has 2 rings (SSSR count). The van der Waals surface area contributed by atoms with Gasteiger partial charge in [-0.2, -0.15) is 10.2 Å². The molecule has 0 aliphatic carbocycles. The van der Waals surface area contributed by atoms with Gasteiger partial charge in [0, 0.05) is 26.2 Å². The summed E-state index contributed by atoms with van der Waals surface area (Å²) < 4.78 is 3.78. The molecule has 0 saturated carbocycles. The summed E-state index contributed by atoms with van der Waals surface area (Å²) in [4.78, 5) is 0. The third kappa shape index (κ3) is 2.46. The van der Waals surface area contributed by atoms with E-state index in [1.54, 1.807) is 0 Å². The number of hydrogen-bond donors (Lipinski definition) is 1. The van der Waals surface area contributed by atoms with Gasteiger partial charge in [-0.25, -0.2) is 0 Å². The lowest BCUT2D eigenvalue weighted by molar-refractivity contribution is 0.587. The predicted octanol–water partition coefficient (Wildman–Crippen LogP) is 1.27. The van der Waals surface area contributed by atoms with Crippen molar-refractivity contribution >= 4 is 0 Å². The first-order chi connectivity index (χ1) is 8.51. The lowest BCUT2D eigenvalue weighted by atomic mass is 10.1. The lowest BCUT2D eigenvalue weighted by Crippen LogP contribution is -2.18. The van der Waals surface area contributed by atoms with Crippen molar-refractivity contribution in [3.63, 3.8) is 0 Å². The van der Waals surface area contributed by atoms with Crippen LogP contribution in [0.15, 0.2) is 12.1 Å². The highest BCUT2D eigenvalue weighted by Crippen LogP contribution is 2.17. The number of nitrogens with zero attached hydrogens (tertiary/aromatic N) is 4. The van der Waals surface area contributed by atoms with E-state index >= 15 is 0 Å². The van der Waals surface area contributed by atoms with Gasteiger partial charge < -0.3 is 5.73 Å². The Kier molecular flexibility index (Phi) is 3.52. The molecule has 0 amide bonds. The fourth-order valence-electron chi connectivity index (χ4n) is 2.25. The highest BCUT2D eigenvalue weighted by atomic mass is 15.3. The Balaban J connectivity index is 2.18. The van der Waals surface area contributed by atoms with Crippen molar-refractivity contribution < 1.29 is 0 Å². The molecule has 0 aliphatic rings. The number of nitrogens with two attached hydrogens (primary N) is 1. The first kappa shape index (κ1) is 12.8. The summed E-state index contributed by atoms with van der Waals surface area (Å²) in [7, 11) is 3.90. The van der Waals surface area contributed by atoms with Gasteiger partial charge in [0.2, 0.25) is 0 Å². The molecule has 0 bridgehead atoms. The van der Waals surface area contributed by atoms with Crippen LogP contribution in [-0.2, 0) is 26.9 Å². The normalized spacial score (nSPS) is 12.9. The summed E-state index contributed by atoms with van der Waals surface area (Å²) >= 11 is 0. The van der Waals surface area contributed by atoms with Gasteiger partial charge in [0.05, 0.1) is 23.1 Å². The zero-order valence-electron chi connectivity index (χ0n) is 11.5. The number of aromatic nitrogens is 4. The molecule has 5 nitrogen and oxygen atoms in total. The maximum atomic E-state index is 6.27. The zero-order valence-corrected chi connectivity index (χ0v) is 11.5. The quantitative estimate of drug-likeness (QED) is 0.885. The average molecular weight is 247 g/mol. The van der Waals surface area contributed by atoms with E-state index in [2.05, 4.69) is 29.3 Å². The second-order valence-corrected chi connectivity index (χ2v) is 4.75. The molecule has 98 valence electrons. The molecule has 2 heterocycles. The van der Waals surface area contributed by atoms with Crippen LogP contribution in [0.2, 0.25) is 0 Å². The van der Waals surface area contributed by atoms with Crippen molar-refractivity contribution in [2.75, 3.05) is 0 Å². The van der Waals surface area contributed by atoms with Crippen LogP contribution in [0.3, 0.4) is 0 Å². The largest absolute Gasteiger partial charge is 0.322 e. The molecule has 5 heteroatoms. The van der Waals surface area contributed by atoms with Gasteiger partial charge in [0.25, 0.3) is 0 Å². The molecule has 2 aromatic heterocycles. The van der Waals surface area contributed by atoms with Crippen molar-refractivity contribution in [1.29, 1.82) is 0 Å². The molecule has 0 spiro atoms. The Morgan fingerprint density at radius 1 is 1.22 bits per heavy atom. The van der Waals surface area contributed by atoms with E-state index in [-0.39, 0.29) is 6.04 Å². The smallest absolute Gasteiger partial charge is 0.0625 e. The molecule has 0 saturated heterocycles. The van der Waals surface area contributed by atoms with Crippen molar-refractivity contribution in [3.05, 3.63) is 34.9 Å². The van der Waals surface area contributed by atoms with Crippen LogP contribution in [-0.4, -0.2) is 19.6 Å². The van der Waals surface area contributed by atoms with E-state index < -0.39 is 0 Å². The summed E-state index contributed by atoms with van der Waals surface area (Å²) in [6, 6.07) is 4.13. The summed E-state index contributed by atoms with van der Waals surface area (Å²) in [5, 5.41) is 8.77. The van der Waals surface area contributed by atoms with Gasteiger partial charge in [0.15, 0.2) is 0 Å². The van der Waals surface area contributed by atoms with Crippen molar-refractivity contribution in [2.45, 2.75) is 32.7 Å². The number of rotatable bonds is 4.